The lowest BCUT2D eigenvalue weighted by molar-refractivity contribution is -0.0584. The van der Waals surface area contributed by atoms with Gasteiger partial charge in [-0.2, -0.15) is 5.10 Å². The Morgan fingerprint density at radius 1 is 1.00 bits per heavy atom. The molecule has 1 fully saturated rings. The van der Waals surface area contributed by atoms with Crippen molar-refractivity contribution >= 4 is 17.8 Å². The number of nitrogens with one attached hydrogen (secondary N) is 1. The van der Waals surface area contributed by atoms with Gasteiger partial charge in [-0.05, 0) is 37.1 Å². The molecule has 28 heavy (non-hydrogen) atoms. The van der Waals surface area contributed by atoms with Crippen molar-refractivity contribution in [2.45, 2.75) is 18.8 Å². The number of hydroxylamine groups is 2. The van der Waals surface area contributed by atoms with Gasteiger partial charge < -0.3 is 4.84 Å². The molecule has 5 rings (SSSR count). The normalized spacial score (nSPS) is 15.6. The summed E-state index contributed by atoms with van der Waals surface area (Å²) in [6.07, 6.45) is 2.24. The summed E-state index contributed by atoms with van der Waals surface area (Å²) < 4.78 is 0. The van der Waals surface area contributed by atoms with Gasteiger partial charge in [-0.1, -0.05) is 29.3 Å². The topological polar surface area (TPSA) is 105 Å². The van der Waals surface area contributed by atoms with Gasteiger partial charge in [-0.3, -0.25) is 14.7 Å². The van der Waals surface area contributed by atoms with Crippen molar-refractivity contribution in [3.8, 4) is 11.4 Å². The third-order valence-electron chi connectivity index (χ3n) is 4.78. The molecule has 1 aliphatic heterocycles. The standard InChI is InChI=1S/C20H14N4O4/c25-18-14-3-1-2-4-15(14)19(26)24(18)28-20(27)13-9-7-12(8-10-13)17-21-16(22-23-17)11-5-6-11/h1-4,7-11H,5-6H2,(H,21,22,23). The van der Waals surface area contributed by atoms with Crippen LogP contribution in [0, 0.1) is 0 Å². The number of benzene rings is 2. The monoisotopic (exact) mass is 374 g/mol. The molecule has 2 heterocycles. The van der Waals surface area contributed by atoms with Crippen LogP contribution in [0.3, 0.4) is 0 Å². The van der Waals surface area contributed by atoms with E-state index in [0.717, 1.165) is 24.2 Å². The van der Waals surface area contributed by atoms with E-state index in [1.165, 1.54) is 12.1 Å². The second-order valence-electron chi connectivity index (χ2n) is 6.72. The second kappa shape index (κ2) is 6.12. The Bertz CT molecular complexity index is 1080. The number of rotatable bonds is 4. The van der Waals surface area contributed by atoms with E-state index in [0.29, 0.717) is 16.8 Å². The summed E-state index contributed by atoms with van der Waals surface area (Å²) in [5.74, 6) is -0.200. The molecule has 138 valence electrons. The van der Waals surface area contributed by atoms with E-state index < -0.39 is 17.8 Å². The van der Waals surface area contributed by atoms with E-state index in [9.17, 15) is 14.4 Å². The fourth-order valence-electron chi connectivity index (χ4n) is 3.08. The van der Waals surface area contributed by atoms with E-state index in [1.54, 1.807) is 36.4 Å². The fourth-order valence-corrected chi connectivity index (χ4v) is 3.08. The minimum atomic E-state index is -0.797. The SMILES string of the molecule is O=C(ON1C(=O)c2ccccc2C1=O)c1ccc(-c2n[nH]c(C3CC3)n2)cc1. The van der Waals surface area contributed by atoms with Gasteiger partial charge in [-0.25, -0.2) is 9.78 Å². The molecule has 1 N–H and O–H groups in total. The van der Waals surface area contributed by atoms with Crippen molar-refractivity contribution in [2.75, 3.05) is 0 Å². The molecule has 3 aromatic rings. The first-order valence-corrected chi connectivity index (χ1v) is 8.84. The maximum Gasteiger partial charge on any atom is 0.363 e. The van der Waals surface area contributed by atoms with E-state index in [4.69, 9.17) is 4.84 Å². The third kappa shape index (κ3) is 2.66. The van der Waals surface area contributed by atoms with Gasteiger partial charge in [0.2, 0.25) is 0 Å². The highest BCUT2D eigenvalue weighted by Gasteiger charge is 2.38. The molecule has 8 heteroatoms. The third-order valence-corrected chi connectivity index (χ3v) is 4.78. The van der Waals surface area contributed by atoms with Crippen LogP contribution in [0.2, 0.25) is 0 Å². The van der Waals surface area contributed by atoms with Crippen LogP contribution in [0.4, 0.5) is 0 Å². The molecule has 0 radical (unpaired) electrons. The van der Waals surface area contributed by atoms with Crippen LogP contribution in [0.25, 0.3) is 11.4 Å². The predicted molar refractivity (Wildman–Crippen MR) is 96.2 cm³/mol. The number of aromatic amines is 1. The zero-order chi connectivity index (χ0) is 19.3. The van der Waals surface area contributed by atoms with E-state index in [-0.39, 0.29) is 16.7 Å². The maximum atomic E-state index is 12.4. The van der Waals surface area contributed by atoms with Crippen LogP contribution in [0.15, 0.2) is 48.5 Å². The molecule has 1 saturated carbocycles. The number of imide groups is 1. The van der Waals surface area contributed by atoms with Crippen molar-refractivity contribution in [2.24, 2.45) is 0 Å². The molecule has 2 amide bonds. The minimum absolute atomic E-state index is 0.207. The van der Waals surface area contributed by atoms with Crippen LogP contribution in [0.1, 0.15) is 55.7 Å². The minimum Gasteiger partial charge on any atom is -0.324 e. The van der Waals surface area contributed by atoms with Crippen LogP contribution in [-0.2, 0) is 4.84 Å². The first-order chi connectivity index (χ1) is 13.6. The molecule has 0 saturated heterocycles. The van der Waals surface area contributed by atoms with E-state index >= 15 is 0 Å². The average Bonchev–Trinajstić information content (AvgIpc) is 3.42. The molecule has 0 spiro atoms. The van der Waals surface area contributed by atoms with Crippen LogP contribution < -0.4 is 0 Å². The highest BCUT2D eigenvalue weighted by atomic mass is 16.7. The Kier molecular flexibility index (Phi) is 3.58. The summed E-state index contributed by atoms with van der Waals surface area (Å²) in [6, 6.07) is 12.8. The first kappa shape index (κ1) is 16.4. The quantitative estimate of drug-likeness (QED) is 0.704. The largest absolute Gasteiger partial charge is 0.363 e. The fraction of sp³-hybridized carbons (Fsp3) is 0.150. The zero-order valence-corrected chi connectivity index (χ0v) is 14.6. The number of carbonyl (C=O) groups excluding carboxylic acids is 3. The molecule has 0 atom stereocenters. The van der Waals surface area contributed by atoms with Crippen molar-refractivity contribution in [1.29, 1.82) is 0 Å². The van der Waals surface area contributed by atoms with Gasteiger partial charge in [0.15, 0.2) is 5.82 Å². The molecule has 8 nitrogen and oxygen atoms in total. The molecular formula is C20H14N4O4. The summed E-state index contributed by atoms with van der Waals surface area (Å²) in [5.41, 5.74) is 1.39. The van der Waals surface area contributed by atoms with Crippen molar-refractivity contribution in [1.82, 2.24) is 20.2 Å². The second-order valence-corrected chi connectivity index (χ2v) is 6.72. The lowest BCUT2D eigenvalue weighted by Crippen LogP contribution is -2.32. The van der Waals surface area contributed by atoms with Gasteiger partial charge in [0.25, 0.3) is 11.8 Å². The van der Waals surface area contributed by atoms with Crippen molar-refractivity contribution < 1.29 is 19.2 Å². The Labute approximate surface area is 159 Å². The van der Waals surface area contributed by atoms with Crippen LogP contribution in [0.5, 0.6) is 0 Å². The molecule has 1 aliphatic carbocycles. The molecular weight excluding hydrogens is 360 g/mol. The number of hydrogen-bond acceptors (Lipinski definition) is 6. The lowest BCUT2D eigenvalue weighted by atomic mass is 10.1. The van der Waals surface area contributed by atoms with Gasteiger partial charge in [0.1, 0.15) is 5.82 Å². The first-order valence-electron chi connectivity index (χ1n) is 8.84. The van der Waals surface area contributed by atoms with Crippen LogP contribution >= 0.6 is 0 Å². The molecule has 0 unspecified atom stereocenters. The summed E-state index contributed by atoms with van der Waals surface area (Å²) >= 11 is 0. The van der Waals surface area contributed by atoms with Crippen LogP contribution in [-0.4, -0.2) is 38.0 Å². The van der Waals surface area contributed by atoms with Gasteiger partial charge in [-0.15, -0.1) is 0 Å². The number of fused-ring (bicyclic) bond motifs is 1. The van der Waals surface area contributed by atoms with Gasteiger partial charge in [0, 0.05) is 11.5 Å². The number of hydrogen-bond donors (Lipinski definition) is 1. The molecule has 2 aliphatic rings. The molecule has 0 bridgehead atoms. The summed E-state index contributed by atoms with van der Waals surface area (Å²) in [7, 11) is 0. The number of nitrogens with zero attached hydrogens (tertiary/aromatic N) is 3. The maximum absolute atomic E-state index is 12.4. The number of aromatic nitrogens is 3. The van der Waals surface area contributed by atoms with E-state index in [2.05, 4.69) is 15.2 Å². The predicted octanol–water partition coefficient (Wildman–Crippen LogP) is 2.72. The number of carbonyl (C=O) groups is 3. The highest BCUT2D eigenvalue weighted by Crippen LogP contribution is 2.38. The average molecular weight is 374 g/mol. The summed E-state index contributed by atoms with van der Waals surface area (Å²) in [4.78, 5) is 46.5. The Hall–Kier alpha value is -3.81. The van der Waals surface area contributed by atoms with Gasteiger partial charge >= 0.3 is 5.97 Å². The van der Waals surface area contributed by atoms with E-state index in [1.807, 2.05) is 0 Å². The number of H-pyrrole nitrogens is 1. The van der Waals surface area contributed by atoms with Crippen molar-refractivity contribution in [3.05, 3.63) is 71.0 Å². The van der Waals surface area contributed by atoms with Gasteiger partial charge in [0.05, 0.1) is 16.7 Å². The Morgan fingerprint density at radius 2 is 1.64 bits per heavy atom. The lowest BCUT2D eigenvalue weighted by Gasteiger charge is -2.12. The summed E-state index contributed by atoms with van der Waals surface area (Å²) in [6.45, 7) is 0. The zero-order valence-electron chi connectivity index (χ0n) is 14.6. The van der Waals surface area contributed by atoms with Crippen molar-refractivity contribution in [3.63, 3.8) is 0 Å². The Morgan fingerprint density at radius 3 is 2.25 bits per heavy atom. The Balaban J connectivity index is 1.32. The number of amides is 2. The smallest absolute Gasteiger partial charge is 0.324 e. The highest BCUT2D eigenvalue weighted by molar-refractivity contribution is 6.21. The molecule has 1 aromatic heterocycles. The molecule has 2 aromatic carbocycles. The summed E-state index contributed by atoms with van der Waals surface area (Å²) in [5, 5.41) is 7.63.